The van der Waals surface area contributed by atoms with E-state index < -0.39 is 29.4 Å². The summed E-state index contributed by atoms with van der Waals surface area (Å²) in [7, 11) is 0. The lowest BCUT2D eigenvalue weighted by molar-refractivity contribution is -0.136. The molecule has 0 aliphatic heterocycles. The second kappa shape index (κ2) is 11.5. The zero-order valence-electron chi connectivity index (χ0n) is 17.3. The van der Waals surface area contributed by atoms with Gasteiger partial charge in [-0.1, -0.05) is 35.9 Å². The van der Waals surface area contributed by atoms with Gasteiger partial charge in [0.25, 0.3) is 5.91 Å². The van der Waals surface area contributed by atoms with Crippen LogP contribution in [-0.2, 0) is 14.4 Å². The number of ether oxygens (including phenoxy) is 1. The molecule has 0 saturated heterocycles. The van der Waals surface area contributed by atoms with E-state index in [1.807, 2.05) is 5.43 Å². The molecule has 0 spiro atoms. The number of anilines is 2. The Morgan fingerprint density at radius 1 is 0.912 bits per heavy atom. The summed E-state index contributed by atoms with van der Waals surface area (Å²) in [6.07, 6.45) is 1.21. The highest BCUT2D eigenvalue weighted by molar-refractivity contribution is 6.39. The van der Waals surface area contributed by atoms with Gasteiger partial charge >= 0.3 is 11.8 Å². The quantitative estimate of drug-likeness (QED) is 0.268. The van der Waals surface area contributed by atoms with Crippen LogP contribution in [0.1, 0.15) is 5.56 Å². The van der Waals surface area contributed by atoms with Crippen LogP contribution in [0.5, 0.6) is 5.75 Å². The van der Waals surface area contributed by atoms with E-state index in [0.29, 0.717) is 11.3 Å². The van der Waals surface area contributed by atoms with Gasteiger partial charge in [0.1, 0.15) is 17.4 Å². The predicted molar refractivity (Wildman–Crippen MR) is 123 cm³/mol. The molecular formula is C23H17ClF2N4O4. The van der Waals surface area contributed by atoms with Gasteiger partial charge in [0.15, 0.2) is 6.61 Å². The van der Waals surface area contributed by atoms with Gasteiger partial charge in [-0.05, 0) is 42.5 Å². The van der Waals surface area contributed by atoms with E-state index in [1.165, 1.54) is 36.5 Å². The van der Waals surface area contributed by atoms with Crippen molar-refractivity contribution < 1.29 is 27.9 Å². The van der Waals surface area contributed by atoms with Crippen LogP contribution in [0.3, 0.4) is 0 Å². The minimum absolute atomic E-state index is 0.134. The van der Waals surface area contributed by atoms with E-state index in [4.69, 9.17) is 16.3 Å². The van der Waals surface area contributed by atoms with Crippen LogP contribution in [0.4, 0.5) is 20.2 Å². The SMILES string of the molecule is O=C(COc1ccccc1/C=N\NC(=O)C(=O)Nc1ccccc1F)Nc1ccc(F)c(Cl)c1. The number of carbonyl (C=O) groups is 3. The number of nitrogens with zero attached hydrogens (tertiary/aromatic N) is 1. The van der Waals surface area contributed by atoms with Crippen molar-refractivity contribution in [2.45, 2.75) is 0 Å². The molecule has 0 aliphatic carbocycles. The lowest BCUT2D eigenvalue weighted by Gasteiger charge is -2.10. The van der Waals surface area contributed by atoms with Crippen LogP contribution in [0.15, 0.2) is 71.8 Å². The van der Waals surface area contributed by atoms with Gasteiger partial charge < -0.3 is 15.4 Å². The number of amides is 3. The molecule has 0 heterocycles. The topological polar surface area (TPSA) is 109 Å². The van der Waals surface area contributed by atoms with Gasteiger partial charge in [-0.25, -0.2) is 14.2 Å². The molecule has 0 fully saturated rings. The Labute approximate surface area is 197 Å². The van der Waals surface area contributed by atoms with E-state index in [0.717, 1.165) is 12.1 Å². The number of hydrogen-bond donors (Lipinski definition) is 3. The standard InChI is InChI=1S/C23H17ClF2N4O4/c24-16-11-15(9-10-17(16)25)28-21(31)13-34-20-8-4-1-5-14(20)12-27-30-23(33)22(32)29-19-7-3-2-6-18(19)26/h1-12H,13H2,(H,28,31)(H,29,32)(H,30,33)/b27-12-. The minimum atomic E-state index is -1.12. The zero-order chi connectivity index (χ0) is 24.5. The average Bonchev–Trinajstić information content (AvgIpc) is 2.82. The van der Waals surface area contributed by atoms with Crippen LogP contribution in [-0.4, -0.2) is 30.5 Å². The number of hydrogen-bond acceptors (Lipinski definition) is 5. The van der Waals surface area contributed by atoms with E-state index >= 15 is 0 Å². The molecule has 174 valence electrons. The van der Waals surface area contributed by atoms with Crippen LogP contribution in [0, 0.1) is 11.6 Å². The maximum Gasteiger partial charge on any atom is 0.329 e. The Balaban J connectivity index is 1.54. The Morgan fingerprint density at radius 2 is 1.65 bits per heavy atom. The summed E-state index contributed by atoms with van der Waals surface area (Å²) in [6.45, 7) is -0.378. The molecule has 0 bridgehead atoms. The molecule has 3 aromatic rings. The lowest BCUT2D eigenvalue weighted by atomic mass is 10.2. The first-order valence-electron chi connectivity index (χ1n) is 9.69. The fourth-order valence-electron chi connectivity index (χ4n) is 2.59. The number of nitrogens with one attached hydrogen (secondary N) is 3. The summed E-state index contributed by atoms with van der Waals surface area (Å²) >= 11 is 5.68. The summed E-state index contributed by atoms with van der Waals surface area (Å²) in [6, 6.07) is 15.6. The van der Waals surface area contributed by atoms with Gasteiger partial charge in [0, 0.05) is 11.3 Å². The van der Waals surface area contributed by atoms with Crippen molar-refractivity contribution in [2.75, 3.05) is 17.2 Å². The molecule has 0 radical (unpaired) electrons. The number of para-hydroxylation sites is 2. The first-order chi connectivity index (χ1) is 16.3. The normalized spacial score (nSPS) is 10.6. The van der Waals surface area contributed by atoms with Crippen molar-refractivity contribution in [1.82, 2.24) is 5.43 Å². The summed E-state index contributed by atoms with van der Waals surface area (Å²) < 4.78 is 32.3. The van der Waals surface area contributed by atoms with Crippen LogP contribution in [0.2, 0.25) is 5.02 Å². The Kier molecular flexibility index (Phi) is 8.25. The largest absolute Gasteiger partial charge is 0.483 e. The molecule has 0 aromatic heterocycles. The van der Waals surface area contributed by atoms with Gasteiger partial charge in [-0.2, -0.15) is 5.10 Å². The minimum Gasteiger partial charge on any atom is -0.483 e. The summed E-state index contributed by atoms with van der Waals surface area (Å²) in [5.41, 5.74) is 2.57. The van der Waals surface area contributed by atoms with Crippen molar-refractivity contribution in [2.24, 2.45) is 5.10 Å². The molecule has 3 N–H and O–H groups in total. The number of halogens is 3. The molecule has 3 aromatic carbocycles. The zero-order valence-corrected chi connectivity index (χ0v) is 18.1. The summed E-state index contributed by atoms with van der Waals surface area (Å²) in [5, 5.41) is 8.20. The van der Waals surface area contributed by atoms with E-state index in [1.54, 1.807) is 24.3 Å². The Bertz CT molecular complexity index is 1250. The third-order valence-electron chi connectivity index (χ3n) is 4.18. The fraction of sp³-hybridized carbons (Fsp3) is 0.0435. The second-order valence-electron chi connectivity index (χ2n) is 6.64. The van der Waals surface area contributed by atoms with Gasteiger partial charge in [-0.3, -0.25) is 14.4 Å². The second-order valence-corrected chi connectivity index (χ2v) is 7.04. The van der Waals surface area contributed by atoms with Crippen molar-refractivity contribution in [1.29, 1.82) is 0 Å². The van der Waals surface area contributed by atoms with Crippen molar-refractivity contribution in [3.05, 3.63) is 89.0 Å². The third kappa shape index (κ3) is 6.84. The summed E-state index contributed by atoms with van der Waals surface area (Å²) in [5.74, 6) is -3.78. The maximum atomic E-state index is 13.6. The van der Waals surface area contributed by atoms with Crippen LogP contribution in [0.25, 0.3) is 0 Å². The highest BCUT2D eigenvalue weighted by atomic mass is 35.5. The van der Waals surface area contributed by atoms with E-state index in [9.17, 15) is 23.2 Å². The molecule has 34 heavy (non-hydrogen) atoms. The predicted octanol–water partition coefficient (Wildman–Crippen LogP) is 3.72. The van der Waals surface area contributed by atoms with E-state index in [2.05, 4.69) is 15.7 Å². The van der Waals surface area contributed by atoms with Crippen molar-refractivity contribution in [3.8, 4) is 5.75 Å². The average molecular weight is 487 g/mol. The monoisotopic (exact) mass is 486 g/mol. The van der Waals surface area contributed by atoms with Crippen LogP contribution >= 0.6 is 11.6 Å². The number of carbonyl (C=O) groups excluding carboxylic acids is 3. The highest BCUT2D eigenvalue weighted by Gasteiger charge is 2.15. The number of rotatable bonds is 7. The molecule has 8 nitrogen and oxygen atoms in total. The molecule has 0 atom stereocenters. The van der Waals surface area contributed by atoms with Crippen molar-refractivity contribution >= 4 is 46.9 Å². The van der Waals surface area contributed by atoms with Gasteiger partial charge in [-0.15, -0.1) is 0 Å². The Morgan fingerprint density at radius 3 is 2.41 bits per heavy atom. The molecule has 0 saturated carbocycles. The molecule has 3 rings (SSSR count). The third-order valence-corrected chi connectivity index (χ3v) is 4.47. The first-order valence-corrected chi connectivity index (χ1v) is 10.1. The molecular weight excluding hydrogens is 470 g/mol. The first kappa shape index (κ1) is 24.3. The van der Waals surface area contributed by atoms with E-state index in [-0.39, 0.29) is 23.1 Å². The number of hydrazone groups is 1. The molecule has 0 aliphatic rings. The fourth-order valence-corrected chi connectivity index (χ4v) is 2.77. The highest BCUT2D eigenvalue weighted by Crippen LogP contribution is 2.20. The lowest BCUT2D eigenvalue weighted by Crippen LogP contribution is -2.32. The Hall–Kier alpha value is -4.31. The van der Waals surface area contributed by atoms with Crippen LogP contribution < -0.4 is 20.8 Å². The maximum absolute atomic E-state index is 13.6. The smallest absolute Gasteiger partial charge is 0.329 e. The summed E-state index contributed by atoms with van der Waals surface area (Å²) in [4.78, 5) is 35.9. The number of benzene rings is 3. The molecule has 3 amide bonds. The molecule has 0 unspecified atom stereocenters. The van der Waals surface area contributed by atoms with Gasteiger partial charge in [0.05, 0.1) is 16.9 Å². The molecule has 11 heteroatoms. The van der Waals surface area contributed by atoms with Gasteiger partial charge in [0.2, 0.25) is 0 Å². The van der Waals surface area contributed by atoms with Crippen molar-refractivity contribution in [3.63, 3.8) is 0 Å².